The molecule has 1 aromatic carbocycles. The van der Waals surface area contributed by atoms with Crippen molar-refractivity contribution in [2.45, 2.75) is 0 Å². The number of carbonyl (C=O) groups is 2. The molecule has 1 aromatic heterocycles. The Morgan fingerprint density at radius 1 is 1.14 bits per heavy atom. The molecule has 2 aromatic rings. The van der Waals surface area contributed by atoms with Gasteiger partial charge < -0.3 is 19.8 Å². The van der Waals surface area contributed by atoms with Gasteiger partial charge in [0, 0.05) is 18.0 Å². The first-order chi connectivity index (χ1) is 10.5. The molecule has 7 heteroatoms. The number of rotatable bonds is 4. The van der Waals surface area contributed by atoms with Crippen molar-refractivity contribution in [1.82, 2.24) is 4.98 Å². The van der Waals surface area contributed by atoms with Crippen LogP contribution in [-0.4, -0.2) is 31.1 Å². The molecular formula is C15H14N2O5. The Balaban J connectivity index is 2.37. The number of aromatic nitrogens is 1. The first-order valence-electron chi connectivity index (χ1n) is 6.31. The number of nitrogens with one attached hydrogen (secondary N) is 2. The summed E-state index contributed by atoms with van der Waals surface area (Å²) in [7, 11) is 2.41. The molecular weight excluding hydrogens is 288 g/mol. The lowest BCUT2D eigenvalue weighted by Gasteiger charge is -2.09. The smallest absolute Gasteiger partial charge is 0.354 e. The third-order valence-electron chi connectivity index (χ3n) is 2.89. The average molecular weight is 302 g/mol. The van der Waals surface area contributed by atoms with Crippen molar-refractivity contribution >= 4 is 28.4 Å². The molecule has 0 spiro atoms. The number of fused-ring (bicyclic) bond motifs is 1. The van der Waals surface area contributed by atoms with E-state index in [1.54, 1.807) is 24.4 Å². The van der Waals surface area contributed by atoms with Crippen molar-refractivity contribution in [2.75, 3.05) is 19.5 Å². The van der Waals surface area contributed by atoms with Crippen LogP contribution >= 0.6 is 0 Å². The van der Waals surface area contributed by atoms with Crippen LogP contribution in [0.2, 0.25) is 0 Å². The van der Waals surface area contributed by atoms with Gasteiger partial charge in [-0.05, 0) is 22.9 Å². The van der Waals surface area contributed by atoms with Gasteiger partial charge in [-0.15, -0.1) is 0 Å². The second-order valence-corrected chi connectivity index (χ2v) is 4.34. The molecule has 0 aliphatic carbocycles. The SMILES string of the molecule is COC(=O)/C=C(/Nc1ccc2c[nH]c(=O)cc2c1)C(=O)OC. The normalized spacial score (nSPS) is 11.1. The van der Waals surface area contributed by atoms with E-state index in [1.807, 2.05) is 0 Å². The highest BCUT2D eigenvalue weighted by molar-refractivity contribution is 5.99. The van der Waals surface area contributed by atoms with E-state index in [4.69, 9.17) is 0 Å². The number of aromatic amines is 1. The van der Waals surface area contributed by atoms with E-state index in [2.05, 4.69) is 19.8 Å². The van der Waals surface area contributed by atoms with Crippen molar-refractivity contribution in [1.29, 1.82) is 0 Å². The van der Waals surface area contributed by atoms with Crippen molar-refractivity contribution in [3.05, 3.63) is 52.6 Å². The predicted molar refractivity (Wildman–Crippen MR) is 80.3 cm³/mol. The minimum absolute atomic E-state index is 0.0708. The number of hydrogen-bond acceptors (Lipinski definition) is 6. The number of pyridine rings is 1. The van der Waals surface area contributed by atoms with Crippen molar-refractivity contribution < 1.29 is 19.1 Å². The molecule has 0 saturated carbocycles. The van der Waals surface area contributed by atoms with Gasteiger partial charge >= 0.3 is 11.9 Å². The Morgan fingerprint density at radius 2 is 1.91 bits per heavy atom. The van der Waals surface area contributed by atoms with Gasteiger partial charge in [0.2, 0.25) is 5.56 Å². The topological polar surface area (TPSA) is 97.5 Å². The van der Waals surface area contributed by atoms with E-state index in [-0.39, 0.29) is 11.3 Å². The minimum Gasteiger partial charge on any atom is -0.466 e. The number of carbonyl (C=O) groups excluding carboxylic acids is 2. The third-order valence-corrected chi connectivity index (χ3v) is 2.89. The van der Waals surface area contributed by atoms with Gasteiger partial charge in [-0.3, -0.25) is 4.79 Å². The van der Waals surface area contributed by atoms with E-state index in [9.17, 15) is 14.4 Å². The molecule has 0 aliphatic rings. The van der Waals surface area contributed by atoms with Crippen LogP contribution < -0.4 is 10.9 Å². The van der Waals surface area contributed by atoms with Gasteiger partial charge in [-0.25, -0.2) is 9.59 Å². The highest BCUT2D eigenvalue weighted by atomic mass is 16.5. The van der Waals surface area contributed by atoms with E-state index < -0.39 is 11.9 Å². The quantitative estimate of drug-likeness (QED) is 0.650. The zero-order valence-corrected chi connectivity index (χ0v) is 12.0. The maximum Gasteiger partial charge on any atom is 0.354 e. The van der Waals surface area contributed by atoms with Crippen LogP contribution in [0.4, 0.5) is 5.69 Å². The fraction of sp³-hybridized carbons (Fsp3) is 0.133. The van der Waals surface area contributed by atoms with Crippen LogP contribution in [0, 0.1) is 0 Å². The molecule has 1 heterocycles. The zero-order chi connectivity index (χ0) is 16.1. The Morgan fingerprint density at radius 3 is 2.59 bits per heavy atom. The number of ether oxygens (including phenoxy) is 2. The molecule has 2 rings (SSSR count). The summed E-state index contributed by atoms with van der Waals surface area (Å²) in [6.07, 6.45) is 2.58. The highest BCUT2D eigenvalue weighted by Crippen LogP contribution is 2.18. The fourth-order valence-corrected chi connectivity index (χ4v) is 1.83. The van der Waals surface area contributed by atoms with Crippen molar-refractivity contribution in [2.24, 2.45) is 0 Å². The summed E-state index contributed by atoms with van der Waals surface area (Å²) in [5.74, 6) is -1.40. The van der Waals surface area contributed by atoms with Gasteiger partial charge in [0.1, 0.15) is 5.70 Å². The number of anilines is 1. The molecule has 0 radical (unpaired) electrons. The second-order valence-electron chi connectivity index (χ2n) is 4.34. The Labute approximate surface area is 125 Å². The fourth-order valence-electron chi connectivity index (χ4n) is 1.83. The van der Waals surface area contributed by atoms with E-state index >= 15 is 0 Å². The number of H-pyrrole nitrogens is 1. The number of methoxy groups -OCH3 is 2. The molecule has 0 bridgehead atoms. The molecule has 114 valence electrons. The van der Waals surface area contributed by atoms with Crippen molar-refractivity contribution in [3.8, 4) is 0 Å². The number of esters is 2. The molecule has 0 unspecified atom stereocenters. The van der Waals surface area contributed by atoms with Gasteiger partial charge in [-0.1, -0.05) is 6.07 Å². The summed E-state index contributed by atoms with van der Waals surface area (Å²) < 4.78 is 9.09. The molecule has 0 atom stereocenters. The largest absolute Gasteiger partial charge is 0.466 e. The molecule has 0 aliphatic heterocycles. The summed E-state index contributed by atoms with van der Waals surface area (Å²) >= 11 is 0. The second kappa shape index (κ2) is 6.57. The lowest BCUT2D eigenvalue weighted by molar-refractivity contribution is -0.138. The highest BCUT2D eigenvalue weighted by Gasteiger charge is 2.13. The van der Waals surface area contributed by atoms with Crippen LogP contribution in [0.25, 0.3) is 10.8 Å². The van der Waals surface area contributed by atoms with Crippen LogP contribution in [-0.2, 0) is 19.1 Å². The summed E-state index contributed by atoms with van der Waals surface area (Å²) in [6.45, 7) is 0. The molecule has 2 N–H and O–H groups in total. The van der Waals surface area contributed by atoms with Crippen molar-refractivity contribution in [3.63, 3.8) is 0 Å². The van der Waals surface area contributed by atoms with E-state index in [0.29, 0.717) is 11.1 Å². The monoisotopic (exact) mass is 302 g/mol. The van der Waals surface area contributed by atoms with Gasteiger partial charge in [-0.2, -0.15) is 0 Å². The molecule has 7 nitrogen and oxygen atoms in total. The maximum absolute atomic E-state index is 11.7. The third kappa shape index (κ3) is 3.51. The summed E-state index contributed by atoms with van der Waals surface area (Å²) in [5, 5.41) is 4.31. The van der Waals surface area contributed by atoms with E-state index in [1.165, 1.54) is 20.3 Å². The van der Waals surface area contributed by atoms with Gasteiger partial charge in [0.05, 0.1) is 20.3 Å². The summed E-state index contributed by atoms with van der Waals surface area (Å²) in [5.41, 5.74) is 0.222. The minimum atomic E-state index is -0.712. The van der Waals surface area contributed by atoms with Gasteiger partial charge in [0.15, 0.2) is 0 Å². The Hall–Kier alpha value is -3.09. The first-order valence-corrected chi connectivity index (χ1v) is 6.31. The van der Waals surface area contributed by atoms with E-state index in [0.717, 1.165) is 11.5 Å². The molecule has 0 amide bonds. The zero-order valence-electron chi connectivity index (χ0n) is 12.0. The standard InChI is InChI=1S/C15H14N2O5/c1-21-14(19)7-12(15(20)22-2)17-11-4-3-9-8-16-13(18)6-10(9)5-11/h3-8,17H,1-2H3,(H,16,18)/b12-7+. The lowest BCUT2D eigenvalue weighted by atomic mass is 10.1. The van der Waals surface area contributed by atoms with Crippen LogP contribution in [0.5, 0.6) is 0 Å². The van der Waals surface area contributed by atoms with Crippen LogP contribution in [0.15, 0.2) is 47.0 Å². The Kier molecular flexibility index (Phi) is 4.57. The molecule has 22 heavy (non-hydrogen) atoms. The van der Waals surface area contributed by atoms with Crippen LogP contribution in [0.1, 0.15) is 0 Å². The summed E-state index contributed by atoms with van der Waals surface area (Å²) in [6, 6.07) is 6.58. The maximum atomic E-state index is 11.7. The molecule has 0 fully saturated rings. The number of benzene rings is 1. The average Bonchev–Trinajstić information content (AvgIpc) is 2.52. The predicted octanol–water partition coefficient (Wildman–Crippen LogP) is 1.17. The Bertz CT molecular complexity index is 807. The first kappa shape index (κ1) is 15.3. The summed E-state index contributed by atoms with van der Waals surface area (Å²) in [4.78, 5) is 36.9. The number of hydrogen-bond donors (Lipinski definition) is 2. The van der Waals surface area contributed by atoms with Crippen LogP contribution in [0.3, 0.4) is 0 Å². The van der Waals surface area contributed by atoms with Gasteiger partial charge in [0.25, 0.3) is 0 Å². The molecule has 0 saturated heterocycles. The lowest BCUT2D eigenvalue weighted by Crippen LogP contribution is -2.15.